The molecule has 0 spiro atoms. The molecule has 132 valence electrons. The topological polar surface area (TPSA) is 57.3 Å². The highest BCUT2D eigenvalue weighted by Gasteiger charge is 2.20. The highest BCUT2D eigenvalue weighted by Crippen LogP contribution is 2.18. The van der Waals surface area contributed by atoms with E-state index in [1.165, 1.54) is 23.9 Å². The lowest BCUT2D eigenvalue weighted by molar-refractivity contribution is 0.166. The summed E-state index contributed by atoms with van der Waals surface area (Å²) in [5.41, 5.74) is 1.80. The summed E-state index contributed by atoms with van der Waals surface area (Å²) in [5.74, 6) is -0.124. The summed E-state index contributed by atoms with van der Waals surface area (Å²) in [7, 11) is 0. The number of likely N-dealkylation sites (tertiary alicyclic amines) is 1. The van der Waals surface area contributed by atoms with Crippen LogP contribution < -0.4 is 10.6 Å². The van der Waals surface area contributed by atoms with Crippen LogP contribution >= 0.6 is 0 Å². The van der Waals surface area contributed by atoms with Crippen LogP contribution in [0.1, 0.15) is 18.4 Å². The van der Waals surface area contributed by atoms with Crippen LogP contribution in [-0.4, -0.2) is 35.5 Å². The van der Waals surface area contributed by atoms with Gasteiger partial charge in [-0.1, -0.05) is 30.3 Å². The summed E-state index contributed by atoms with van der Waals surface area (Å²) in [6, 6.07) is 12.9. The van der Waals surface area contributed by atoms with E-state index < -0.39 is 5.95 Å². The molecule has 1 aromatic heterocycles. The first-order valence-corrected chi connectivity index (χ1v) is 8.62. The largest absolute Gasteiger partial charge is 0.338 e. The van der Waals surface area contributed by atoms with E-state index in [1.54, 1.807) is 0 Å². The molecule has 1 saturated heterocycles. The highest BCUT2D eigenvalue weighted by atomic mass is 19.1. The van der Waals surface area contributed by atoms with Gasteiger partial charge in [-0.25, -0.2) is 9.78 Å². The predicted octanol–water partition coefficient (Wildman–Crippen LogP) is 3.25. The molecule has 1 aromatic carbocycles. The molecule has 0 saturated carbocycles. The first kappa shape index (κ1) is 17.4. The van der Waals surface area contributed by atoms with Crippen molar-refractivity contribution >= 4 is 11.7 Å². The molecule has 2 aromatic rings. The van der Waals surface area contributed by atoms with Crippen molar-refractivity contribution in [2.75, 3.05) is 25.0 Å². The zero-order chi connectivity index (χ0) is 17.5. The number of urea groups is 1. The smallest absolute Gasteiger partial charge is 0.319 e. The molecular weight excluding hydrogens is 319 g/mol. The van der Waals surface area contributed by atoms with Gasteiger partial charge in [0.25, 0.3) is 0 Å². The Labute approximate surface area is 147 Å². The Morgan fingerprint density at radius 1 is 1.24 bits per heavy atom. The number of nitrogens with one attached hydrogen (secondary N) is 2. The zero-order valence-electron chi connectivity index (χ0n) is 14.1. The zero-order valence-corrected chi connectivity index (χ0v) is 14.1. The van der Waals surface area contributed by atoms with Gasteiger partial charge in [-0.2, -0.15) is 4.39 Å². The fraction of sp³-hybridized carbons (Fsp3) is 0.368. The van der Waals surface area contributed by atoms with Gasteiger partial charge < -0.3 is 10.6 Å². The Morgan fingerprint density at radius 2 is 2.08 bits per heavy atom. The predicted molar refractivity (Wildman–Crippen MR) is 95.7 cm³/mol. The number of aromatic nitrogens is 1. The molecule has 2 heterocycles. The minimum absolute atomic E-state index is 0.284. The van der Waals surface area contributed by atoms with Crippen LogP contribution in [0.25, 0.3) is 0 Å². The summed E-state index contributed by atoms with van der Waals surface area (Å²) in [5, 5.41) is 5.57. The standard InChI is InChI=1S/C19H23FN4O/c20-18-9-8-17(12-21-18)23-19(25)22-11-16-7-4-10-24(14-16)13-15-5-2-1-3-6-15/h1-3,5-6,8-9,12,16H,4,7,10-11,13-14H2,(H2,22,23,25). The van der Waals surface area contributed by atoms with Crippen molar-refractivity contribution in [1.29, 1.82) is 0 Å². The van der Waals surface area contributed by atoms with Gasteiger partial charge in [-0.3, -0.25) is 4.90 Å². The average molecular weight is 342 g/mol. The molecule has 25 heavy (non-hydrogen) atoms. The molecule has 6 heteroatoms. The van der Waals surface area contributed by atoms with E-state index in [2.05, 4.69) is 44.8 Å². The molecule has 0 bridgehead atoms. The van der Waals surface area contributed by atoms with Gasteiger partial charge in [-0.15, -0.1) is 0 Å². The maximum atomic E-state index is 12.8. The number of halogens is 1. The quantitative estimate of drug-likeness (QED) is 0.820. The van der Waals surface area contributed by atoms with Gasteiger partial charge in [0, 0.05) is 19.6 Å². The van der Waals surface area contributed by atoms with E-state index in [0.717, 1.165) is 32.5 Å². The average Bonchev–Trinajstić information content (AvgIpc) is 2.63. The first-order chi connectivity index (χ1) is 12.2. The Bertz CT molecular complexity index is 678. The minimum atomic E-state index is -0.563. The Balaban J connectivity index is 1.43. The van der Waals surface area contributed by atoms with Crippen LogP contribution in [0.2, 0.25) is 0 Å². The summed E-state index contributed by atoms with van der Waals surface area (Å²) in [6.07, 6.45) is 3.56. The fourth-order valence-corrected chi connectivity index (χ4v) is 3.17. The van der Waals surface area contributed by atoms with Crippen molar-refractivity contribution in [3.63, 3.8) is 0 Å². The number of hydrogen-bond donors (Lipinski definition) is 2. The molecule has 1 aliphatic rings. The normalized spacial score (nSPS) is 17.9. The number of hydrogen-bond acceptors (Lipinski definition) is 3. The van der Waals surface area contributed by atoms with Crippen molar-refractivity contribution in [2.24, 2.45) is 5.92 Å². The third-order valence-electron chi connectivity index (χ3n) is 4.39. The number of piperidine rings is 1. The number of pyridine rings is 1. The summed E-state index contributed by atoms with van der Waals surface area (Å²) in [4.78, 5) is 17.9. The third-order valence-corrected chi connectivity index (χ3v) is 4.39. The SMILES string of the molecule is O=C(NCC1CCCN(Cc2ccccc2)C1)Nc1ccc(F)nc1. The Hall–Kier alpha value is -2.47. The van der Waals surface area contributed by atoms with Gasteiger partial charge in [0.1, 0.15) is 0 Å². The molecule has 5 nitrogen and oxygen atoms in total. The van der Waals surface area contributed by atoms with E-state index in [9.17, 15) is 9.18 Å². The number of benzene rings is 1. The molecule has 0 aliphatic carbocycles. The van der Waals surface area contributed by atoms with Gasteiger partial charge in [0.15, 0.2) is 0 Å². The van der Waals surface area contributed by atoms with Crippen molar-refractivity contribution in [1.82, 2.24) is 15.2 Å². The monoisotopic (exact) mass is 342 g/mol. The lowest BCUT2D eigenvalue weighted by atomic mass is 9.97. The number of carbonyl (C=O) groups is 1. The van der Waals surface area contributed by atoms with Crippen molar-refractivity contribution < 1.29 is 9.18 Å². The maximum absolute atomic E-state index is 12.8. The van der Waals surface area contributed by atoms with E-state index in [0.29, 0.717) is 18.2 Å². The molecule has 3 rings (SSSR count). The summed E-state index contributed by atoms with van der Waals surface area (Å²) >= 11 is 0. The van der Waals surface area contributed by atoms with Crippen molar-refractivity contribution in [3.05, 3.63) is 60.2 Å². The van der Waals surface area contributed by atoms with E-state index >= 15 is 0 Å². The van der Waals surface area contributed by atoms with Crippen molar-refractivity contribution in [3.8, 4) is 0 Å². The molecule has 1 fully saturated rings. The minimum Gasteiger partial charge on any atom is -0.338 e. The molecule has 1 unspecified atom stereocenters. The van der Waals surface area contributed by atoms with Crippen LogP contribution in [0.5, 0.6) is 0 Å². The molecule has 1 aliphatic heterocycles. The van der Waals surface area contributed by atoms with Gasteiger partial charge >= 0.3 is 6.03 Å². The fourth-order valence-electron chi connectivity index (χ4n) is 3.17. The van der Waals surface area contributed by atoms with E-state index in [-0.39, 0.29) is 6.03 Å². The molecule has 2 amide bonds. The lowest BCUT2D eigenvalue weighted by Crippen LogP contribution is -2.41. The number of carbonyl (C=O) groups excluding carboxylic acids is 1. The maximum Gasteiger partial charge on any atom is 0.319 e. The third kappa shape index (κ3) is 5.53. The molecular formula is C19H23FN4O. The second-order valence-electron chi connectivity index (χ2n) is 6.43. The van der Waals surface area contributed by atoms with Crippen molar-refractivity contribution in [2.45, 2.75) is 19.4 Å². The van der Waals surface area contributed by atoms with Crippen LogP contribution in [0.15, 0.2) is 48.7 Å². The highest BCUT2D eigenvalue weighted by molar-refractivity contribution is 5.88. The number of nitrogens with zero attached hydrogens (tertiary/aromatic N) is 2. The second-order valence-corrected chi connectivity index (χ2v) is 6.43. The summed E-state index contributed by atoms with van der Waals surface area (Å²) < 4.78 is 12.8. The second kappa shape index (κ2) is 8.58. The van der Waals surface area contributed by atoms with Crippen LogP contribution in [0, 0.1) is 11.9 Å². The molecule has 1 atom stereocenters. The van der Waals surface area contributed by atoms with Crippen LogP contribution in [0.3, 0.4) is 0 Å². The number of anilines is 1. The van der Waals surface area contributed by atoms with Gasteiger partial charge in [0.05, 0.1) is 11.9 Å². The van der Waals surface area contributed by atoms with Gasteiger partial charge in [0.2, 0.25) is 5.95 Å². The van der Waals surface area contributed by atoms with E-state index in [4.69, 9.17) is 0 Å². The van der Waals surface area contributed by atoms with Crippen LogP contribution in [0.4, 0.5) is 14.9 Å². The lowest BCUT2D eigenvalue weighted by Gasteiger charge is -2.32. The van der Waals surface area contributed by atoms with E-state index in [1.807, 2.05) is 6.07 Å². The molecule has 0 radical (unpaired) electrons. The molecule has 2 N–H and O–H groups in total. The van der Waals surface area contributed by atoms with Crippen LogP contribution in [-0.2, 0) is 6.54 Å². The number of amides is 2. The van der Waals surface area contributed by atoms with Gasteiger partial charge in [-0.05, 0) is 43.0 Å². The summed E-state index contributed by atoms with van der Waals surface area (Å²) in [6.45, 7) is 3.66. The Kier molecular flexibility index (Phi) is 5.95. The first-order valence-electron chi connectivity index (χ1n) is 8.62. The Morgan fingerprint density at radius 3 is 2.84 bits per heavy atom. The number of rotatable bonds is 5.